The molecule has 0 N–H and O–H groups in total. The molecule has 2 rings (SSSR count). The molecule has 0 bridgehead atoms. The minimum absolute atomic E-state index is 0.215. The molecule has 5 nitrogen and oxygen atoms in total. The van der Waals surface area contributed by atoms with E-state index in [2.05, 4.69) is 0 Å². The van der Waals surface area contributed by atoms with Crippen LogP contribution in [-0.4, -0.2) is 17.7 Å². The van der Waals surface area contributed by atoms with Gasteiger partial charge in [0, 0.05) is 25.0 Å². The second-order valence-corrected chi connectivity index (χ2v) is 5.02. The van der Waals surface area contributed by atoms with Gasteiger partial charge in [-0.3, -0.25) is 14.4 Å². The number of benzene rings is 2. The Morgan fingerprint density at radius 1 is 0.783 bits per heavy atom. The summed E-state index contributed by atoms with van der Waals surface area (Å²) in [5.74, 6) is -0.344. The van der Waals surface area contributed by atoms with Crippen LogP contribution in [0.4, 0.5) is 0 Å². The highest BCUT2D eigenvalue weighted by Crippen LogP contribution is 2.22. The highest BCUT2D eigenvalue weighted by Gasteiger charge is 2.13. The molecule has 0 atom stereocenters. The molecular formula is C18H16O5. The summed E-state index contributed by atoms with van der Waals surface area (Å²) in [5, 5.41) is 0. The van der Waals surface area contributed by atoms with Crippen molar-refractivity contribution in [3.8, 4) is 11.5 Å². The minimum Gasteiger partial charge on any atom is -0.427 e. The number of hydrogen-bond donors (Lipinski definition) is 0. The van der Waals surface area contributed by atoms with E-state index < -0.39 is 11.9 Å². The quantitative estimate of drug-likeness (QED) is 0.493. The molecule has 0 aliphatic heterocycles. The summed E-state index contributed by atoms with van der Waals surface area (Å²) >= 11 is 0. The third-order valence-corrected chi connectivity index (χ3v) is 3.08. The average Bonchev–Trinajstić information content (AvgIpc) is 2.48. The van der Waals surface area contributed by atoms with Gasteiger partial charge in [-0.05, 0) is 42.8 Å². The van der Waals surface area contributed by atoms with Gasteiger partial charge in [0.25, 0.3) is 0 Å². The van der Waals surface area contributed by atoms with Crippen molar-refractivity contribution in [2.24, 2.45) is 0 Å². The van der Waals surface area contributed by atoms with Crippen LogP contribution in [-0.2, 0) is 9.59 Å². The number of esters is 2. The number of rotatable bonds is 4. The lowest BCUT2D eigenvalue weighted by Gasteiger charge is -2.08. The van der Waals surface area contributed by atoms with Crippen molar-refractivity contribution >= 4 is 17.7 Å². The molecule has 0 fully saturated rings. The van der Waals surface area contributed by atoms with Crippen molar-refractivity contribution in [2.75, 3.05) is 0 Å². The van der Waals surface area contributed by atoms with Gasteiger partial charge in [0.05, 0.1) is 0 Å². The van der Waals surface area contributed by atoms with E-state index in [1.54, 1.807) is 49.4 Å². The zero-order chi connectivity index (χ0) is 17.0. The van der Waals surface area contributed by atoms with Crippen molar-refractivity contribution in [3.05, 3.63) is 59.2 Å². The molecular weight excluding hydrogens is 296 g/mol. The molecule has 0 unspecified atom stereocenters. The molecule has 2 aromatic rings. The second-order valence-electron chi connectivity index (χ2n) is 5.02. The van der Waals surface area contributed by atoms with E-state index in [-0.39, 0.29) is 5.78 Å². The van der Waals surface area contributed by atoms with Crippen LogP contribution < -0.4 is 9.47 Å². The molecule has 0 aliphatic rings. The van der Waals surface area contributed by atoms with Gasteiger partial charge in [0.2, 0.25) is 0 Å². The molecule has 0 saturated carbocycles. The largest absolute Gasteiger partial charge is 0.427 e. The van der Waals surface area contributed by atoms with Crippen LogP contribution in [0, 0.1) is 6.92 Å². The first kappa shape index (κ1) is 16.4. The minimum atomic E-state index is -0.441. The van der Waals surface area contributed by atoms with Crippen LogP contribution in [0.15, 0.2) is 42.5 Å². The third-order valence-electron chi connectivity index (χ3n) is 3.08. The Hall–Kier alpha value is -2.95. The van der Waals surface area contributed by atoms with Crippen molar-refractivity contribution in [2.45, 2.75) is 20.8 Å². The monoisotopic (exact) mass is 312 g/mol. The lowest BCUT2D eigenvalue weighted by molar-refractivity contribution is -0.132. The third kappa shape index (κ3) is 4.26. The Morgan fingerprint density at radius 3 is 1.91 bits per heavy atom. The van der Waals surface area contributed by atoms with Crippen LogP contribution in [0.2, 0.25) is 0 Å². The van der Waals surface area contributed by atoms with Crippen molar-refractivity contribution < 1.29 is 23.9 Å². The molecule has 23 heavy (non-hydrogen) atoms. The zero-order valence-corrected chi connectivity index (χ0v) is 13.1. The Kier molecular flexibility index (Phi) is 4.91. The first-order valence-electron chi connectivity index (χ1n) is 6.99. The van der Waals surface area contributed by atoms with E-state index in [4.69, 9.17) is 9.47 Å². The fraction of sp³-hybridized carbons (Fsp3) is 0.167. The number of carbonyl (C=O) groups is 3. The van der Waals surface area contributed by atoms with Crippen LogP contribution in [0.1, 0.15) is 35.3 Å². The average molecular weight is 312 g/mol. The van der Waals surface area contributed by atoms with Crippen molar-refractivity contribution in [1.29, 1.82) is 0 Å². The van der Waals surface area contributed by atoms with E-state index >= 15 is 0 Å². The lowest BCUT2D eigenvalue weighted by Crippen LogP contribution is -2.06. The lowest BCUT2D eigenvalue weighted by atomic mass is 10.0. The number of aryl methyl sites for hydroxylation is 1. The molecule has 118 valence electrons. The van der Waals surface area contributed by atoms with Gasteiger partial charge in [0.1, 0.15) is 11.5 Å². The molecule has 0 aliphatic carbocycles. The summed E-state index contributed by atoms with van der Waals surface area (Å²) in [4.78, 5) is 34.5. The molecule has 0 heterocycles. The summed E-state index contributed by atoms with van der Waals surface area (Å²) in [7, 11) is 0. The van der Waals surface area contributed by atoms with E-state index in [0.717, 1.165) is 5.56 Å². The fourth-order valence-electron chi connectivity index (χ4n) is 2.01. The smallest absolute Gasteiger partial charge is 0.308 e. The Bertz CT molecular complexity index is 759. The number of carbonyl (C=O) groups excluding carboxylic acids is 3. The molecule has 0 radical (unpaired) electrons. The molecule has 5 heteroatoms. The summed E-state index contributed by atoms with van der Waals surface area (Å²) in [5.41, 5.74) is 1.62. The van der Waals surface area contributed by atoms with Gasteiger partial charge in [0.15, 0.2) is 5.78 Å². The summed E-state index contributed by atoms with van der Waals surface area (Å²) in [6, 6.07) is 11.2. The Morgan fingerprint density at radius 2 is 1.35 bits per heavy atom. The molecule has 0 amide bonds. The maximum atomic E-state index is 12.5. The summed E-state index contributed by atoms with van der Waals surface area (Å²) < 4.78 is 10.0. The first-order valence-corrected chi connectivity index (χ1v) is 6.99. The standard InChI is InChI=1S/C18H16O5/c1-11-4-5-15(10-17(11)23-13(3)20)18(21)14-6-8-16(9-7-14)22-12(2)19/h4-10H,1-3H3. The van der Waals surface area contributed by atoms with Gasteiger partial charge in [-0.2, -0.15) is 0 Å². The van der Waals surface area contributed by atoms with E-state index in [0.29, 0.717) is 22.6 Å². The van der Waals surface area contributed by atoms with Gasteiger partial charge < -0.3 is 9.47 Å². The maximum Gasteiger partial charge on any atom is 0.308 e. The van der Waals surface area contributed by atoms with Crippen LogP contribution in [0.5, 0.6) is 11.5 Å². The topological polar surface area (TPSA) is 69.7 Å². The van der Waals surface area contributed by atoms with Gasteiger partial charge in [-0.1, -0.05) is 12.1 Å². The summed E-state index contributed by atoms with van der Waals surface area (Å²) in [6.45, 7) is 4.41. The Labute approximate surface area is 133 Å². The number of hydrogen-bond acceptors (Lipinski definition) is 5. The highest BCUT2D eigenvalue weighted by molar-refractivity contribution is 6.09. The highest BCUT2D eigenvalue weighted by atomic mass is 16.5. The molecule has 0 saturated heterocycles. The maximum absolute atomic E-state index is 12.5. The van der Waals surface area contributed by atoms with Crippen LogP contribution in [0.25, 0.3) is 0 Å². The predicted molar refractivity (Wildman–Crippen MR) is 83.7 cm³/mol. The first-order chi connectivity index (χ1) is 10.9. The van der Waals surface area contributed by atoms with E-state index in [1.165, 1.54) is 13.8 Å². The molecule has 0 aromatic heterocycles. The van der Waals surface area contributed by atoms with Crippen LogP contribution >= 0.6 is 0 Å². The Balaban J connectivity index is 2.26. The van der Waals surface area contributed by atoms with E-state index in [9.17, 15) is 14.4 Å². The van der Waals surface area contributed by atoms with Gasteiger partial charge in [-0.25, -0.2) is 0 Å². The van der Waals surface area contributed by atoms with E-state index in [1.807, 2.05) is 0 Å². The van der Waals surface area contributed by atoms with Crippen LogP contribution in [0.3, 0.4) is 0 Å². The van der Waals surface area contributed by atoms with Crippen molar-refractivity contribution in [3.63, 3.8) is 0 Å². The fourth-order valence-corrected chi connectivity index (χ4v) is 2.01. The predicted octanol–water partition coefficient (Wildman–Crippen LogP) is 3.08. The summed E-state index contributed by atoms with van der Waals surface area (Å²) in [6.07, 6.45) is 0. The number of ketones is 1. The molecule has 2 aromatic carbocycles. The van der Waals surface area contributed by atoms with Gasteiger partial charge >= 0.3 is 11.9 Å². The SMILES string of the molecule is CC(=O)Oc1ccc(C(=O)c2ccc(C)c(OC(C)=O)c2)cc1. The van der Waals surface area contributed by atoms with Gasteiger partial charge in [-0.15, -0.1) is 0 Å². The number of ether oxygens (including phenoxy) is 2. The molecule has 0 spiro atoms. The normalized spacial score (nSPS) is 10.0. The zero-order valence-electron chi connectivity index (χ0n) is 13.1. The van der Waals surface area contributed by atoms with Crippen molar-refractivity contribution in [1.82, 2.24) is 0 Å². The second kappa shape index (κ2) is 6.87.